The Morgan fingerprint density at radius 3 is 2.72 bits per heavy atom. The summed E-state index contributed by atoms with van der Waals surface area (Å²) in [5.74, 6) is 3.34. The minimum Gasteiger partial charge on any atom is -0.367 e. The average Bonchev–Trinajstić information content (AvgIpc) is 2.46. The quantitative estimate of drug-likeness (QED) is 0.886. The van der Waals surface area contributed by atoms with Crippen molar-refractivity contribution in [3.05, 3.63) is 30.3 Å². The topological polar surface area (TPSA) is 29.3 Å². The van der Waals surface area contributed by atoms with Gasteiger partial charge in [-0.1, -0.05) is 18.2 Å². The van der Waals surface area contributed by atoms with Crippen LogP contribution in [0.5, 0.6) is 0 Å². The second-order valence-corrected chi connectivity index (χ2v) is 6.05. The average molecular weight is 264 g/mol. The van der Waals surface area contributed by atoms with Crippen LogP contribution in [0.3, 0.4) is 0 Å². The van der Waals surface area contributed by atoms with Crippen LogP contribution in [0.25, 0.3) is 0 Å². The van der Waals surface area contributed by atoms with E-state index in [1.165, 1.54) is 30.0 Å². The minimum absolute atomic E-state index is 0.491. The highest BCUT2D eigenvalue weighted by atomic mass is 32.2. The molecule has 1 aromatic carbocycles. The fraction of sp³-hybridized carbons (Fsp3) is 0.600. The summed E-state index contributed by atoms with van der Waals surface area (Å²) in [6, 6.07) is 11.2. The third-order valence-corrected chi connectivity index (χ3v) is 5.05. The van der Waals surface area contributed by atoms with Crippen molar-refractivity contribution in [2.75, 3.05) is 29.5 Å². The van der Waals surface area contributed by atoms with Crippen molar-refractivity contribution < 1.29 is 0 Å². The van der Waals surface area contributed by atoms with Gasteiger partial charge in [-0.25, -0.2) is 0 Å². The summed E-state index contributed by atoms with van der Waals surface area (Å²) in [6.45, 7) is 4.02. The number of para-hydroxylation sites is 1. The van der Waals surface area contributed by atoms with Gasteiger partial charge in [0.15, 0.2) is 0 Å². The van der Waals surface area contributed by atoms with E-state index >= 15 is 0 Å². The highest BCUT2D eigenvalue weighted by Gasteiger charge is 2.27. The van der Waals surface area contributed by atoms with Crippen molar-refractivity contribution in [3.8, 4) is 0 Å². The molecule has 1 heterocycles. The smallest absolute Gasteiger partial charge is 0.0448 e. The number of nitrogens with two attached hydrogens (primary N) is 1. The number of likely N-dealkylation sites (N-methyl/N-ethyl adjacent to an activating group) is 1. The normalized spacial score (nSPS) is 21.6. The second kappa shape index (κ2) is 7.05. The lowest BCUT2D eigenvalue weighted by atomic mass is 9.94. The number of rotatable bonds is 5. The van der Waals surface area contributed by atoms with Gasteiger partial charge < -0.3 is 10.6 Å². The van der Waals surface area contributed by atoms with E-state index in [-0.39, 0.29) is 0 Å². The van der Waals surface area contributed by atoms with Crippen LogP contribution in [0.4, 0.5) is 5.69 Å². The molecule has 18 heavy (non-hydrogen) atoms. The van der Waals surface area contributed by atoms with E-state index in [4.69, 9.17) is 5.73 Å². The first-order chi connectivity index (χ1) is 8.86. The summed E-state index contributed by atoms with van der Waals surface area (Å²) >= 11 is 2.09. The second-order valence-electron chi connectivity index (χ2n) is 4.90. The van der Waals surface area contributed by atoms with Crippen molar-refractivity contribution in [1.82, 2.24) is 0 Å². The van der Waals surface area contributed by atoms with E-state index in [0.29, 0.717) is 6.04 Å². The van der Waals surface area contributed by atoms with Gasteiger partial charge in [-0.05, 0) is 49.3 Å². The molecular weight excluding hydrogens is 240 g/mol. The molecule has 2 unspecified atom stereocenters. The van der Waals surface area contributed by atoms with Gasteiger partial charge in [-0.3, -0.25) is 0 Å². The van der Waals surface area contributed by atoms with Gasteiger partial charge in [-0.15, -0.1) is 0 Å². The van der Waals surface area contributed by atoms with Gasteiger partial charge in [0.1, 0.15) is 0 Å². The van der Waals surface area contributed by atoms with Gasteiger partial charge in [0.25, 0.3) is 0 Å². The summed E-state index contributed by atoms with van der Waals surface area (Å²) in [7, 11) is 0. The van der Waals surface area contributed by atoms with Gasteiger partial charge in [-0.2, -0.15) is 11.8 Å². The predicted molar refractivity (Wildman–Crippen MR) is 82.4 cm³/mol. The number of hydrogen-bond acceptors (Lipinski definition) is 3. The summed E-state index contributed by atoms with van der Waals surface area (Å²) in [5, 5.41) is 0. The number of thioether (sulfide) groups is 1. The summed E-state index contributed by atoms with van der Waals surface area (Å²) < 4.78 is 0. The zero-order chi connectivity index (χ0) is 12.8. The molecule has 100 valence electrons. The molecule has 0 saturated carbocycles. The molecule has 0 amide bonds. The molecule has 0 aromatic heterocycles. The van der Waals surface area contributed by atoms with E-state index in [0.717, 1.165) is 19.0 Å². The lowest BCUT2D eigenvalue weighted by molar-refractivity contribution is 0.405. The lowest BCUT2D eigenvalue weighted by Crippen LogP contribution is -2.47. The first kappa shape index (κ1) is 13.8. The molecule has 1 aromatic rings. The van der Waals surface area contributed by atoms with E-state index in [1.54, 1.807) is 0 Å². The fourth-order valence-electron chi connectivity index (χ4n) is 2.87. The Hall–Kier alpha value is -0.670. The number of anilines is 1. The van der Waals surface area contributed by atoms with Gasteiger partial charge >= 0.3 is 0 Å². The van der Waals surface area contributed by atoms with Gasteiger partial charge in [0, 0.05) is 24.8 Å². The number of benzene rings is 1. The Kier molecular flexibility index (Phi) is 5.39. The number of nitrogens with zero attached hydrogens (tertiary/aromatic N) is 1. The molecule has 0 spiro atoms. The molecule has 1 fully saturated rings. The first-order valence-electron chi connectivity index (χ1n) is 6.96. The maximum Gasteiger partial charge on any atom is 0.0448 e. The van der Waals surface area contributed by atoms with Crippen molar-refractivity contribution in [2.24, 2.45) is 11.7 Å². The molecule has 0 aliphatic carbocycles. The molecule has 1 saturated heterocycles. The molecule has 1 aliphatic heterocycles. The minimum atomic E-state index is 0.491. The van der Waals surface area contributed by atoms with E-state index in [2.05, 4.69) is 53.9 Å². The lowest BCUT2D eigenvalue weighted by Gasteiger charge is -2.39. The van der Waals surface area contributed by atoms with Crippen molar-refractivity contribution >= 4 is 17.4 Å². The monoisotopic (exact) mass is 264 g/mol. The van der Waals surface area contributed by atoms with Gasteiger partial charge in [0.05, 0.1) is 0 Å². The standard InChI is InChI=1S/C15H24N2S/c1-2-17(14-8-4-3-5-9-14)15(11-16)13-7-6-10-18-12-13/h3-5,8-9,13,15H,2,6-7,10-12,16H2,1H3. The Balaban J connectivity index is 2.13. The Morgan fingerprint density at radius 1 is 1.39 bits per heavy atom. The van der Waals surface area contributed by atoms with E-state index < -0.39 is 0 Å². The largest absolute Gasteiger partial charge is 0.367 e. The Bertz CT molecular complexity index is 336. The molecular formula is C15H24N2S. The van der Waals surface area contributed by atoms with E-state index in [1.807, 2.05) is 0 Å². The Morgan fingerprint density at radius 2 is 2.17 bits per heavy atom. The summed E-state index contributed by atoms with van der Waals surface area (Å²) in [5.41, 5.74) is 7.38. The molecule has 2 rings (SSSR count). The molecule has 3 heteroatoms. The van der Waals surface area contributed by atoms with Crippen LogP contribution < -0.4 is 10.6 Å². The molecule has 1 aliphatic rings. The van der Waals surface area contributed by atoms with Crippen molar-refractivity contribution in [2.45, 2.75) is 25.8 Å². The zero-order valence-corrected chi connectivity index (χ0v) is 12.0. The fourth-order valence-corrected chi connectivity index (χ4v) is 4.10. The highest BCUT2D eigenvalue weighted by molar-refractivity contribution is 7.99. The maximum absolute atomic E-state index is 6.07. The van der Waals surface area contributed by atoms with Crippen LogP contribution in [0, 0.1) is 5.92 Å². The van der Waals surface area contributed by atoms with Crippen LogP contribution in [0.1, 0.15) is 19.8 Å². The summed E-state index contributed by atoms with van der Waals surface area (Å²) in [4.78, 5) is 2.48. The first-order valence-corrected chi connectivity index (χ1v) is 8.11. The number of hydrogen-bond donors (Lipinski definition) is 1. The van der Waals surface area contributed by atoms with Crippen LogP contribution in [0.2, 0.25) is 0 Å². The maximum atomic E-state index is 6.07. The Labute approximate surface area is 115 Å². The van der Waals surface area contributed by atoms with Crippen LogP contribution in [-0.4, -0.2) is 30.6 Å². The molecule has 0 radical (unpaired) electrons. The van der Waals surface area contributed by atoms with E-state index in [9.17, 15) is 0 Å². The SMILES string of the molecule is CCN(c1ccccc1)C(CN)C1CCCSC1. The van der Waals surface area contributed by atoms with Crippen LogP contribution in [-0.2, 0) is 0 Å². The van der Waals surface area contributed by atoms with Crippen molar-refractivity contribution in [3.63, 3.8) is 0 Å². The molecule has 2 atom stereocenters. The molecule has 0 bridgehead atoms. The van der Waals surface area contributed by atoms with Crippen molar-refractivity contribution in [1.29, 1.82) is 0 Å². The third-order valence-electron chi connectivity index (χ3n) is 3.81. The molecule has 2 N–H and O–H groups in total. The van der Waals surface area contributed by atoms with Crippen LogP contribution in [0.15, 0.2) is 30.3 Å². The third kappa shape index (κ3) is 3.21. The highest BCUT2D eigenvalue weighted by Crippen LogP contribution is 2.29. The van der Waals surface area contributed by atoms with Crippen LogP contribution >= 0.6 is 11.8 Å². The zero-order valence-electron chi connectivity index (χ0n) is 11.2. The molecule has 2 nitrogen and oxygen atoms in total. The summed E-state index contributed by atoms with van der Waals surface area (Å²) in [6.07, 6.45) is 2.68. The predicted octanol–water partition coefficient (Wildman–Crippen LogP) is 2.98. The van der Waals surface area contributed by atoms with Gasteiger partial charge in [0.2, 0.25) is 0 Å².